The Labute approximate surface area is 138 Å². The fourth-order valence-electron chi connectivity index (χ4n) is 2.51. The van der Waals surface area contributed by atoms with E-state index in [2.05, 4.69) is 15.3 Å². The molecular weight excluding hydrogens is 314 g/mol. The van der Waals surface area contributed by atoms with Crippen LogP contribution in [0.5, 0.6) is 0 Å². The van der Waals surface area contributed by atoms with E-state index in [0.717, 1.165) is 19.4 Å². The first-order valence-corrected chi connectivity index (χ1v) is 8.56. The van der Waals surface area contributed by atoms with E-state index >= 15 is 0 Å². The van der Waals surface area contributed by atoms with E-state index in [1.54, 1.807) is 25.1 Å². The summed E-state index contributed by atoms with van der Waals surface area (Å²) in [6, 6.07) is 7.15. The molecule has 2 aromatic rings. The van der Waals surface area contributed by atoms with Gasteiger partial charge in [-0.2, -0.15) is 0 Å². The number of H-pyrrole nitrogens is 1. The van der Waals surface area contributed by atoms with Crippen molar-refractivity contribution in [1.29, 1.82) is 0 Å². The van der Waals surface area contributed by atoms with Gasteiger partial charge in [-0.1, -0.05) is 23.9 Å². The molecule has 0 radical (unpaired) electrons. The van der Waals surface area contributed by atoms with E-state index in [-0.39, 0.29) is 22.8 Å². The number of amides is 1. The van der Waals surface area contributed by atoms with Crippen LogP contribution < -0.4 is 10.9 Å². The SMILES string of the molecule is CC(Sc1nc2ccccc2c(=O)[nH]1)C(=O)NCC1CCCO1. The Hall–Kier alpha value is -1.86. The molecule has 1 aliphatic heterocycles. The highest BCUT2D eigenvalue weighted by molar-refractivity contribution is 8.00. The number of fused-ring (bicyclic) bond motifs is 1. The second-order valence-corrected chi connectivity index (χ2v) is 6.86. The highest BCUT2D eigenvalue weighted by Gasteiger charge is 2.20. The predicted octanol–water partition coefficient (Wildman–Crippen LogP) is 1.70. The summed E-state index contributed by atoms with van der Waals surface area (Å²) in [5, 5.41) is 3.55. The Morgan fingerprint density at radius 2 is 2.35 bits per heavy atom. The first-order chi connectivity index (χ1) is 11.1. The van der Waals surface area contributed by atoms with Crippen LogP contribution in [-0.4, -0.2) is 40.4 Å². The Morgan fingerprint density at radius 3 is 3.13 bits per heavy atom. The van der Waals surface area contributed by atoms with Crippen LogP contribution in [0.15, 0.2) is 34.2 Å². The molecule has 122 valence electrons. The molecule has 1 aromatic heterocycles. The van der Waals surface area contributed by atoms with Crippen molar-refractivity contribution in [2.45, 2.75) is 36.3 Å². The summed E-state index contributed by atoms with van der Waals surface area (Å²) in [7, 11) is 0. The van der Waals surface area contributed by atoms with Crippen LogP contribution in [0.25, 0.3) is 10.9 Å². The third kappa shape index (κ3) is 3.92. The summed E-state index contributed by atoms with van der Waals surface area (Å²) < 4.78 is 5.48. The van der Waals surface area contributed by atoms with Gasteiger partial charge in [0.1, 0.15) is 0 Å². The summed E-state index contributed by atoms with van der Waals surface area (Å²) in [5.41, 5.74) is 0.441. The number of nitrogens with one attached hydrogen (secondary N) is 2. The molecule has 1 fully saturated rings. The van der Waals surface area contributed by atoms with E-state index < -0.39 is 0 Å². The highest BCUT2D eigenvalue weighted by atomic mass is 32.2. The number of nitrogens with zero attached hydrogens (tertiary/aromatic N) is 1. The molecule has 0 bridgehead atoms. The average molecular weight is 333 g/mol. The number of aromatic amines is 1. The average Bonchev–Trinajstić information content (AvgIpc) is 3.06. The lowest BCUT2D eigenvalue weighted by atomic mass is 10.2. The fourth-order valence-corrected chi connectivity index (χ4v) is 3.33. The van der Waals surface area contributed by atoms with Gasteiger partial charge in [0.15, 0.2) is 5.16 Å². The number of carbonyl (C=O) groups excluding carboxylic acids is 1. The Balaban J connectivity index is 1.63. The van der Waals surface area contributed by atoms with Gasteiger partial charge in [0.05, 0.1) is 22.3 Å². The maximum absolute atomic E-state index is 12.1. The molecule has 1 aliphatic rings. The minimum atomic E-state index is -0.347. The number of hydrogen-bond donors (Lipinski definition) is 2. The summed E-state index contributed by atoms with van der Waals surface area (Å²) in [6.45, 7) is 3.10. The van der Waals surface area contributed by atoms with Crippen molar-refractivity contribution in [2.75, 3.05) is 13.2 Å². The molecule has 2 unspecified atom stereocenters. The molecule has 2 atom stereocenters. The van der Waals surface area contributed by atoms with Crippen molar-refractivity contribution in [3.05, 3.63) is 34.6 Å². The second kappa shape index (κ2) is 7.14. The molecule has 0 aliphatic carbocycles. The minimum Gasteiger partial charge on any atom is -0.376 e. The molecule has 23 heavy (non-hydrogen) atoms. The lowest BCUT2D eigenvalue weighted by molar-refractivity contribution is -0.120. The zero-order valence-electron chi connectivity index (χ0n) is 12.9. The van der Waals surface area contributed by atoms with Gasteiger partial charge in [0, 0.05) is 13.2 Å². The van der Waals surface area contributed by atoms with Crippen molar-refractivity contribution in [1.82, 2.24) is 15.3 Å². The van der Waals surface area contributed by atoms with Crippen molar-refractivity contribution in [2.24, 2.45) is 0 Å². The van der Waals surface area contributed by atoms with Gasteiger partial charge in [-0.05, 0) is 31.9 Å². The maximum Gasteiger partial charge on any atom is 0.259 e. The Bertz CT molecular complexity index is 756. The molecule has 0 saturated carbocycles. The van der Waals surface area contributed by atoms with Crippen molar-refractivity contribution >= 4 is 28.6 Å². The lowest BCUT2D eigenvalue weighted by Crippen LogP contribution is -2.36. The number of rotatable bonds is 5. The van der Waals surface area contributed by atoms with Crippen LogP contribution in [-0.2, 0) is 9.53 Å². The number of aromatic nitrogens is 2. The first kappa shape index (κ1) is 16.0. The first-order valence-electron chi connectivity index (χ1n) is 7.68. The van der Waals surface area contributed by atoms with Crippen molar-refractivity contribution in [3.8, 4) is 0 Å². The summed E-state index contributed by atoms with van der Waals surface area (Å²) in [6.07, 6.45) is 2.16. The molecule has 1 saturated heterocycles. The van der Waals surface area contributed by atoms with Crippen LogP contribution in [0.4, 0.5) is 0 Å². The third-order valence-corrected chi connectivity index (χ3v) is 4.76. The predicted molar refractivity (Wildman–Crippen MR) is 89.7 cm³/mol. The van der Waals surface area contributed by atoms with Gasteiger partial charge in [-0.3, -0.25) is 9.59 Å². The Morgan fingerprint density at radius 1 is 1.52 bits per heavy atom. The molecule has 7 heteroatoms. The Kier molecular flexibility index (Phi) is 4.97. The van der Waals surface area contributed by atoms with Gasteiger partial charge in [0.25, 0.3) is 5.56 Å². The molecule has 6 nitrogen and oxygen atoms in total. The van der Waals surface area contributed by atoms with Gasteiger partial charge in [-0.15, -0.1) is 0 Å². The van der Waals surface area contributed by atoms with Crippen LogP contribution in [0.1, 0.15) is 19.8 Å². The van der Waals surface area contributed by atoms with Crippen LogP contribution in [0.3, 0.4) is 0 Å². The molecular formula is C16H19N3O3S. The fraction of sp³-hybridized carbons (Fsp3) is 0.438. The summed E-state index contributed by atoms with van der Waals surface area (Å²) >= 11 is 1.24. The number of ether oxygens (including phenoxy) is 1. The standard InChI is InChI=1S/C16H19N3O3S/c1-10(14(20)17-9-11-5-4-8-22-11)23-16-18-13-7-3-2-6-12(13)15(21)19-16/h2-3,6-7,10-11H,4-5,8-9H2,1H3,(H,17,20)(H,18,19,21). The highest BCUT2D eigenvalue weighted by Crippen LogP contribution is 2.20. The van der Waals surface area contributed by atoms with Gasteiger partial charge in [-0.25, -0.2) is 4.98 Å². The number of carbonyl (C=O) groups is 1. The summed E-state index contributed by atoms with van der Waals surface area (Å²) in [4.78, 5) is 31.3. The van der Waals surface area contributed by atoms with E-state index in [1.165, 1.54) is 11.8 Å². The minimum absolute atomic E-state index is 0.0821. The molecule has 1 aromatic carbocycles. The third-order valence-electron chi connectivity index (χ3n) is 3.78. The molecule has 2 N–H and O–H groups in total. The van der Waals surface area contributed by atoms with E-state index in [4.69, 9.17) is 4.74 Å². The van der Waals surface area contributed by atoms with Gasteiger partial charge >= 0.3 is 0 Å². The van der Waals surface area contributed by atoms with Crippen LogP contribution in [0, 0.1) is 0 Å². The van der Waals surface area contributed by atoms with Crippen molar-refractivity contribution in [3.63, 3.8) is 0 Å². The van der Waals surface area contributed by atoms with E-state index in [0.29, 0.717) is 22.6 Å². The number of hydrogen-bond acceptors (Lipinski definition) is 5. The normalized spacial score (nSPS) is 18.9. The van der Waals surface area contributed by atoms with Gasteiger partial charge < -0.3 is 15.0 Å². The quantitative estimate of drug-likeness (QED) is 0.643. The van der Waals surface area contributed by atoms with Gasteiger partial charge in [0.2, 0.25) is 5.91 Å². The van der Waals surface area contributed by atoms with Crippen LogP contribution >= 0.6 is 11.8 Å². The van der Waals surface area contributed by atoms with E-state index in [9.17, 15) is 9.59 Å². The monoisotopic (exact) mass is 333 g/mol. The number of benzene rings is 1. The molecule has 1 amide bonds. The number of para-hydroxylation sites is 1. The smallest absolute Gasteiger partial charge is 0.259 e. The van der Waals surface area contributed by atoms with E-state index in [1.807, 2.05) is 6.07 Å². The molecule has 3 rings (SSSR count). The maximum atomic E-state index is 12.1. The zero-order chi connectivity index (χ0) is 16.2. The molecule has 0 spiro atoms. The topological polar surface area (TPSA) is 84.1 Å². The van der Waals surface area contributed by atoms with Crippen molar-refractivity contribution < 1.29 is 9.53 Å². The lowest BCUT2D eigenvalue weighted by Gasteiger charge is -2.14. The largest absolute Gasteiger partial charge is 0.376 e. The van der Waals surface area contributed by atoms with Crippen LogP contribution in [0.2, 0.25) is 0 Å². The molecule has 2 heterocycles. The number of thioether (sulfide) groups is 1. The summed E-state index contributed by atoms with van der Waals surface area (Å²) in [5.74, 6) is -0.0821. The second-order valence-electron chi connectivity index (χ2n) is 5.53. The zero-order valence-corrected chi connectivity index (χ0v) is 13.7.